The molecule has 7 N–H and O–H groups in total. The number of anilines is 1. The lowest BCUT2D eigenvalue weighted by Crippen LogP contribution is -2.40. The Morgan fingerprint density at radius 1 is 1.32 bits per heavy atom. The predicted molar refractivity (Wildman–Crippen MR) is 73.7 cm³/mol. The average molecular weight is 267 g/mol. The van der Waals surface area contributed by atoms with Crippen LogP contribution >= 0.6 is 0 Å². The highest BCUT2D eigenvalue weighted by Crippen LogP contribution is 2.31. The van der Waals surface area contributed by atoms with Crippen molar-refractivity contribution in [3.63, 3.8) is 0 Å². The standard InChI is InChI=1S/C13H21N3O3/c1-13(2,3)11(14)10(18)7-4-8(16-12(15)19)6-9(17)5-7/h4-6,10-11,17-18H,14H2,1-3H3,(H3,15,16,19). The number of hydrogen-bond donors (Lipinski definition) is 5. The van der Waals surface area contributed by atoms with Crippen LogP contribution in [0.2, 0.25) is 0 Å². The fourth-order valence-electron chi connectivity index (χ4n) is 1.70. The molecule has 0 radical (unpaired) electrons. The van der Waals surface area contributed by atoms with Crippen molar-refractivity contribution in [3.05, 3.63) is 23.8 Å². The topological polar surface area (TPSA) is 122 Å². The highest BCUT2D eigenvalue weighted by molar-refractivity contribution is 5.88. The molecule has 19 heavy (non-hydrogen) atoms. The molecular weight excluding hydrogens is 246 g/mol. The number of nitrogens with one attached hydrogen (secondary N) is 1. The van der Waals surface area contributed by atoms with Gasteiger partial charge >= 0.3 is 6.03 Å². The van der Waals surface area contributed by atoms with Crippen LogP contribution in [0.4, 0.5) is 10.5 Å². The molecule has 0 aliphatic rings. The quantitative estimate of drug-likeness (QED) is 0.566. The fourth-order valence-corrected chi connectivity index (χ4v) is 1.70. The molecule has 0 heterocycles. The maximum Gasteiger partial charge on any atom is 0.316 e. The van der Waals surface area contributed by atoms with Crippen LogP contribution in [0.1, 0.15) is 32.4 Å². The summed E-state index contributed by atoms with van der Waals surface area (Å²) >= 11 is 0. The zero-order valence-corrected chi connectivity index (χ0v) is 11.3. The second-order valence-corrected chi connectivity index (χ2v) is 5.64. The van der Waals surface area contributed by atoms with Gasteiger partial charge in [-0.15, -0.1) is 0 Å². The van der Waals surface area contributed by atoms with E-state index >= 15 is 0 Å². The Morgan fingerprint density at radius 3 is 2.37 bits per heavy atom. The van der Waals surface area contributed by atoms with Gasteiger partial charge in [0.15, 0.2) is 0 Å². The summed E-state index contributed by atoms with van der Waals surface area (Å²) < 4.78 is 0. The van der Waals surface area contributed by atoms with E-state index < -0.39 is 18.2 Å². The minimum Gasteiger partial charge on any atom is -0.508 e. The summed E-state index contributed by atoms with van der Waals surface area (Å²) in [6.45, 7) is 5.73. The summed E-state index contributed by atoms with van der Waals surface area (Å²) in [6, 6.07) is 3.01. The first-order valence-electron chi connectivity index (χ1n) is 5.95. The molecule has 6 nitrogen and oxygen atoms in total. The van der Waals surface area contributed by atoms with Gasteiger partial charge in [-0.2, -0.15) is 0 Å². The van der Waals surface area contributed by atoms with Gasteiger partial charge in [0, 0.05) is 17.8 Å². The van der Waals surface area contributed by atoms with Crippen molar-refractivity contribution < 1.29 is 15.0 Å². The molecular formula is C13H21N3O3. The van der Waals surface area contributed by atoms with Crippen LogP contribution in [0.15, 0.2) is 18.2 Å². The predicted octanol–water partition coefficient (Wildman–Crippen LogP) is 1.29. The third-order valence-corrected chi connectivity index (χ3v) is 2.89. The number of hydrogen-bond acceptors (Lipinski definition) is 4. The number of carbonyl (C=O) groups excluding carboxylic acids is 1. The molecule has 0 spiro atoms. The molecule has 1 rings (SSSR count). The van der Waals surface area contributed by atoms with Crippen molar-refractivity contribution in [2.24, 2.45) is 16.9 Å². The van der Waals surface area contributed by atoms with Gasteiger partial charge in [0.25, 0.3) is 0 Å². The Balaban J connectivity index is 3.06. The lowest BCUT2D eigenvalue weighted by atomic mass is 9.82. The molecule has 0 aromatic heterocycles. The zero-order chi connectivity index (χ0) is 14.8. The second kappa shape index (κ2) is 5.46. The number of primary amides is 1. The first-order valence-corrected chi connectivity index (χ1v) is 5.95. The normalized spacial score (nSPS) is 14.8. The number of urea groups is 1. The van der Waals surface area contributed by atoms with Gasteiger partial charge in [-0.25, -0.2) is 4.79 Å². The number of amides is 2. The summed E-state index contributed by atoms with van der Waals surface area (Å²) in [6.07, 6.45) is -0.958. The van der Waals surface area contributed by atoms with Crippen molar-refractivity contribution in [1.29, 1.82) is 0 Å². The molecule has 2 amide bonds. The number of phenols is 1. The number of nitrogens with two attached hydrogens (primary N) is 2. The van der Waals surface area contributed by atoms with Crippen molar-refractivity contribution >= 4 is 11.7 Å². The number of phenolic OH excluding ortho intramolecular Hbond substituents is 1. The Hall–Kier alpha value is -1.79. The van der Waals surface area contributed by atoms with Crippen LogP contribution in [0, 0.1) is 5.41 Å². The van der Waals surface area contributed by atoms with Crippen LogP contribution in [0.3, 0.4) is 0 Å². The number of carbonyl (C=O) groups is 1. The molecule has 1 aromatic rings. The molecule has 0 aliphatic carbocycles. The maximum absolute atomic E-state index is 10.8. The fraction of sp³-hybridized carbons (Fsp3) is 0.462. The van der Waals surface area contributed by atoms with E-state index in [1.165, 1.54) is 18.2 Å². The Kier molecular flexibility index (Phi) is 4.39. The minimum absolute atomic E-state index is 0.0820. The van der Waals surface area contributed by atoms with Crippen LogP contribution in [0.5, 0.6) is 5.75 Å². The number of aliphatic hydroxyl groups excluding tert-OH is 1. The third-order valence-electron chi connectivity index (χ3n) is 2.89. The highest BCUT2D eigenvalue weighted by Gasteiger charge is 2.29. The SMILES string of the molecule is CC(C)(C)C(N)C(O)c1cc(O)cc(NC(N)=O)c1. The molecule has 0 bridgehead atoms. The molecule has 106 valence electrons. The number of benzene rings is 1. The molecule has 0 fully saturated rings. The molecule has 2 unspecified atom stereocenters. The maximum atomic E-state index is 10.8. The molecule has 2 atom stereocenters. The Morgan fingerprint density at radius 2 is 1.89 bits per heavy atom. The van der Waals surface area contributed by atoms with Gasteiger partial charge in [-0.05, 0) is 23.1 Å². The molecule has 6 heteroatoms. The van der Waals surface area contributed by atoms with E-state index in [0.717, 1.165) is 0 Å². The average Bonchev–Trinajstić information content (AvgIpc) is 2.23. The summed E-state index contributed by atoms with van der Waals surface area (Å²) in [5.41, 5.74) is 11.4. The van der Waals surface area contributed by atoms with E-state index in [1.807, 2.05) is 20.8 Å². The van der Waals surface area contributed by atoms with Gasteiger partial charge in [0.05, 0.1) is 6.10 Å². The van der Waals surface area contributed by atoms with E-state index in [0.29, 0.717) is 11.3 Å². The van der Waals surface area contributed by atoms with E-state index in [9.17, 15) is 15.0 Å². The highest BCUT2D eigenvalue weighted by atomic mass is 16.3. The first kappa shape index (κ1) is 15.3. The van der Waals surface area contributed by atoms with Crippen LogP contribution < -0.4 is 16.8 Å². The van der Waals surface area contributed by atoms with Crippen LogP contribution in [0.25, 0.3) is 0 Å². The van der Waals surface area contributed by atoms with E-state index in [4.69, 9.17) is 11.5 Å². The second-order valence-electron chi connectivity index (χ2n) is 5.64. The van der Waals surface area contributed by atoms with E-state index in [2.05, 4.69) is 5.32 Å². The van der Waals surface area contributed by atoms with E-state index in [1.54, 1.807) is 0 Å². The van der Waals surface area contributed by atoms with Crippen molar-refractivity contribution in [2.75, 3.05) is 5.32 Å². The van der Waals surface area contributed by atoms with Crippen LogP contribution in [-0.4, -0.2) is 22.3 Å². The number of rotatable bonds is 3. The largest absolute Gasteiger partial charge is 0.508 e. The number of aliphatic hydroxyl groups is 1. The summed E-state index contributed by atoms with van der Waals surface area (Å²) in [5, 5.41) is 22.2. The van der Waals surface area contributed by atoms with E-state index in [-0.39, 0.29) is 11.2 Å². The third kappa shape index (κ3) is 4.11. The molecule has 0 saturated carbocycles. The minimum atomic E-state index is -0.958. The first-order chi connectivity index (χ1) is 8.61. The summed E-state index contributed by atoms with van der Waals surface area (Å²) in [7, 11) is 0. The van der Waals surface area contributed by atoms with Gasteiger partial charge in [-0.1, -0.05) is 20.8 Å². The van der Waals surface area contributed by atoms with Gasteiger partial charge < -0.3 is 27.0 Å². The lowest BCUT2D eigenvalue weighted by Gasteiger charge is -2.31. The van der Waals surface area contributed by atoms with Crippen molar-refractivity contribution in [2.45, 2.75) is 32.9 Å². The Labute approximate surface area is 112 Å². The Bertz CT molecular complexity index is 469. The van der Waals surface area contributed by atoms with Crippen LogP contribution in [-0.2, 0) is 0 Å². The van der Waals surface area contributed by atoms with Gasteiger partial charge in [0.2, 0.25) is 0 Å². The lowest BCUT2D eigenvalue weighted by molar-refractivity contribution is 0.0924. The molecule has 0 aliphatic heterocycles. The smallest absolute Gasteiger partial charge is 0.316 e. The summed E-state index contributed by atoms with van der Waals surface area (Å²) in [4.78, 5) is 10.8. The van der Waals surface area contributed by atoms with Gasteiger partial charge in [0.1, 0.15) is 5.75 Å². The molecule has 0 saturated heterocycles. The zero-order valence-electron chi connectivity index (χ0n) is 11.3. The summed E-state index contributed by atoms with van der Waals surface area (Å²) in [5.74, 6) is -0.0820. The van der Waals surface area contributed by atoms with Gasteiger partial charge in [-0.3, -0.25) is 0 Å². The number of aromatic hydroxyl groups is 1. The van der Waals surface area contributed by atoms with Crippen molar-refractivity contribution in [3.8, 4) is 5.75 Å². The monoisotopic (exact) mass is 267 g/mol. The van der Waals surface area contributed by atoms with Crippen molar-refractivity contribution in [1.82, 2.24) is 0 Å². The molecule has 1 aromatic carbocycles.